The summed E-state index contributed by atoms with van der Waals surface area (Å²) >= 11 is 7.51. The van der Waals surface area contributed by atoms with E-state index in [1.807, 2.05) is 27.7 Å². The van der Waals surface area contributed by atoms with Crippen molar-refractivity contribution in [2.45, 2.75) is 25.0 Å². The van der Waals surface area contributed by atoms with Crippen LogP contribution in [0.15, 0.2) is 35.7 Å². The summed E-state index contributed by atoms with van der Waals surface area (Å²) in [6.45, 7) is 7.23. The molecule has 2 aromatic rings. The van der Waals surface area contributed by atoms with Crippen molar-refractivity contribution in [1.82, 2.24) is 19.7 Å². The molecular weight excluding hydrogens is 358 g/mol. The maximum absolute atomic E-state index is 12.5. The lowest BCUT2D eigenvalue weighted by Gasteiger charge is -2.36. The zero-order chi connectivity index (χ0) is 17.8. The second-order valence-corrected chi connectivity index (χ2v) is 7.63. The summed E-state index contributed by atoms with van der Waals surface area (Å²) in [6, 6.07) is 8.13. The highest BCUT2D eigenvalue weighted by Gasteiger charge is 2.22. The molecule has 0 saturated carbocycles. The molecule has 8 heteroatoms. The van der Waals surface area contributed by atoms with Crippen molar-refractivity contribution in [2.24, 2.45) is 0 Å². The molecule has 1 aliphatic heterocycles. The first-order chi connectivity index (χ1) is 12.0. The van der Waals surface area contributed by atoms with Crippen LogP contribution in [0.4, 0.5) is 5.69 Å². The molecule has 1 amide bonds. The average Bonchev–Trinajstić information content (AvgIpc) is 3.09. The van der Waals surface area contributed by atoms with Gasteiger partial charge in [-0.15, -0.1) is 10.2 Å². The second-order valence-electron chi connectivity index (χ2n) is 6.25. The van der Waals surface area contributed by atoms with Crippen molar-refractivity contribution < 1.29 is 4.79 Å². The quantitative estimate of drug-likeness (QED) is 0.747. The Morgan fingerprint density at radius 3 is 2.72 bits per heavy atom. The summed E-state index contributed by atoms with van der Waals surface area (Å²) in [7, 11) is 0. The molecule has 1 aromatic heterocycles. The van der Waals surface area contributed by atoms with Gasteiger partial charge in [-0.3, -0.25) is 4.79 Å². The molecule has 1 aromatic carbocycles. The molecule has 1 aliphatic rings. The van der Waals surface area contributed by atoms with E-state index < -0.39 is 0 Å². The molecule has 0 spiro atoms. The van der Waals surface area contributed by atoms with E-state index in [2.05, 4.69) is 35.0 Å². The number of carbonyl (C=O) groups is 1. The number of nitrogens with zero attached hydrogens (tertiary/aromatic N) is 5. The summed E-state index contributed by atoms with van der Waals surface area (Å²) in [5.74, 6) is 0.539. The third kappa shape index (κ3) is 4.46. The van der Waals surface area contributed by atoms with Crippen molar-refractivity contribution in [2.75, 3.05) is 36.8 Å². The molecule has 0 unspecified atom stereocenters. The van der Waals surface area contributed by atoms with E-state index in [1.54, 1.807) is 6.33 Å². The SMILES string of the molecule is CC(C)n1cnnc1SCC(=O)N1CCN(c2cccc(Cl)c2)CC1. The number of amides is 1. The minimum Gasteiger partial charge on any atom is -0.368 e. The van der Waals surface area contributed by atoms with E-state index in [4.69, 9.17) is 11.6 Å². The number of piperazine rings is 1. The Morgan fingerprint density at radius 1 is 1.28 bits per heavy atom. The summed E-state index contributed by atoms with van der Waals surface area (Å²) in [5.41, 5.74) is 1.11. The lowest BCUT2D eigenvalue weighted by atomic mass is 10.2. The molecule has 25 heavy (non-hydrogen) atoms. The highest BCUT2D eigenvalue weighted by atomic mass is 35.5. The average molecular weight is 380 g/mol. The molecule has 0 radical (unpaired) electrons. The molecule has 1 saturated heterocycles. The zero-order valence-corrected chi connectivity index (χ0v) is 16.0. The minimum absolute atomic E-state index is 0.147. The standard InChI is InChI=1S/C17H22ClN5OS/c1-13(2)23-12-19-20-17(23)25-11-16(24)22-8-6-21(7-9-22)15-5-3-4-14(18)10-15/h3-5,10,12-13H,6-9,11H2,1-2H3. The van der Waals surface area contributed by atoms with Crippen molar-refractivity contribution >= 4 is 35.0 Å². The molecular formula is C17H22ClN5OS. The van der Waals surface area contributed by atoms with Crippen LogP contribution in [-0.4, -0.2) is 57.5 Å². The number of halogens is 1. The first-order valence-electron chi connectivity index (χ1n) is 8.35. The Labute approximate surface area is 157 Å². The van der Waals surface area contributed by atoms with E-state index >= 15 is 0 Å². The van der Waals surface area contributed by atoms with Crippen LogP contribution in [0, 0.1) is 0 Å². The van der Waals surface area contributed by atoms with Gasteiger partial charge in [-0.1, -0.05) is 29.4 Å². The lowest BCUT2D eigenvalue weighted by molar-refractivity contribution is -0.128. The number of carbonyl (C=O) groups excluding carboxylic acids is 1. The van der Waals surface area contributed by atoms with Gasteiger partial charge in [0.05, 0.1) is 5.75 Å². The highest BCUT2D eigenvalue weighted by molar-refractivity contribution is 7.99. The van der Waals surface area contributed by atoms with E-state index in [9.17, 15) is 4.79 Å². The van der Waals surface area contributed by atoms with Gasteiger partial charge in [-0.25, -0.2) is 0 Å². The van der Waals surface area contributed by atoms with E-state index in [0.29, 0.717) is 5.75 Å². The highest BCUT2D eigenvalue weighted by Crippen LogP contribution is 2.22. The van der Waals surface area contributed by atoms with Crippen LogP contribution in [0.5, 0.6) is 0 Å². The lowest BCUT2D eigenvalue weighted by Crippen LogP contribution is -2.49. The summed E-state index contributed by atoms with van der Waals surface area (Å²) < 4.78 is 1.98. The van der Waals surface area contributed by atoms with Gasteiger partial charge in [0.25, 0.3) is 0 Å². The number of hydrogen-bond donors (Lipinski definition) is 0. The molecule has 1 fully saturated rings. The van der Waals surface area contributed by atoms with Gasteiger partial charge in [0.2, 0.25) is 5.91 Å². The van der Waals surface area contributed by atoms with Crippen LogP contribution in [0.3, 0.4) is 0 Å². The molecule has 0 bridgehead atoms. The van der Waals surface area contributed by atoms with Gasteiger partial charge in [0, 0.05) is 42.9 Å². The van der Waals surface area contributed by atoms with Crippen molar-refractivity contribution in [1.29, 1.82) is 0 Å². The van der Waals surface area contributed by atoms with Crippen molar-refractivity contribution in [3.63, 3.8) is 0 Å². The Bertz CT molecular complexity index is 727. The number of thioether (sulfide) groups is 1. The molecule has 6 nitrogen and oxygen atoms in total. The van der Waals surface area contributed by atoms with Gasteiger partial charge < -0.3 is 14.4 Å². The van der Waals surface area contributed by atoms with Gasteiger partial charge in [0.1, 0.15) is 6.33 Å². The topological polar surface area (TPSA) is 54.3 Å². The fraction of sp³-hybridized carbons (Fsp3) is 0.471. The van der Waals surface area contributed by atoms with Crippen LogP contribution >= 0.6 is 23.4 Å². The second kappa shape index (κ2) is 8.10. The summed E-state index contributed by atoms with van der Waals surface area (Å²) in [5, 5.41) is 9.56. The summed E-state index contributed by atoms with van der Waals surface area (Å²) in [4.78, 5) is 16.7. The Morgan fingerprint density at radius 2 is 2.04 bits per heavy atom. The molecule has 0 N–H and O–H groups in total. The first kappa shape index (κ1) is 18.1. The Balaban J connectivity index is 1.51. The molecule has 0 atom stereocenters. The van der Waals surface area contributed by atoms with E-state index in [-0.39, 0.29) is 11.9 Å². The first-order valence-corrected chi connectivity index (χ1v) is 9.71. The van der Waals surface area contributed by atoms with Gasteiger partial charge in [-0.2, -0.15) is 0 Å². The predicted molar refractivity (Wildman–Crippen MR) is 101 cm³/mol. The third-order valence-electron chi connectivity index (χ3n) is 4.23. The van der Waals surface area contributed by atoms with Crippen LogP contribution < -0.4 is 4.90 Å². The van der Waals surface area contributed by atoms with E-state index in [0.717, 1.165) is 42.0 Å². The fourth-order valence-corrected chi connectivity index (χ4v) is 3.93. The molecule has 0 aliphatic carbocycles. The predicted octanol–water partition coefficient (Wildman–Crippen LogP) is 2.95. The van der Waals surface area contributed by atoms with Crippen LogP contribution in [0.1, 0.15) is 19.9 Å². The smallest absolute Gasteiger partial charge is 0.233 e. The third-order valence-corrected chi connectivity index (χ3v) is 5.40. The van der Waals surface area contributed by atoms with Crippen LogP contribution in [-0.2, 0) is 4.79 Å². The number of benzene rings is 1. The largest absolute Gasteiger partial charge is 0.368 e. The van der Waals surface area contributed by atoms with Gasteiger partial charge in [-0.05, 0) is 32.0 Å². The Hall–Kier alpha value is -1.73. The Kier molecular flexibility index (Phi) is 5.86. The molecule has 3 rings (SSSR count). The van der Waals surface area contributed by atoms with Crippen molar-refractivity contribution in [3.05, 3.63) is 35.6 Å². The van der Waals surface area contributed by atoms with Crippen LogP contribution in [0.2, 0.25) is 5.02 Å². The number of rotatable bonds is 5. The minimum atomic E-state index is 0.147. The number of hydrogen-bond acceptors (Lipinski definition) is 5. The number of aromatic nitrogens is 3. The maximum Gasteiger partial charge on any atom is 0.233 e. The number of anilines is 1. The molecule has 134 valence electrons. The summed E-state index contributed by atoms with van der Waals surface area (Å²) in [6.07, 6.45) is 1.71. The van der Waals surface area contributed by atoms with Crippen molar-refractivity contribution in [3.8, 4) is 0 Å². The van der Waals surface area contributed by atoms with E-state index in [1.165, 1.54) is 11.8 Å². The maximum atomic E-state index is 12.5. The normalized spacial score (nSPS) is 15.0. The fourth-order valence-electron chi connectivity index (χ4n) is 2.79. The van der Waals surface area contributed by atoms with Gasteiger partial charge >= 0.3 is 0 Å². The van der Waals surface area contributed by atoms with Gasteiger partial charge in [0.15, 0.2) is 5.16 Å². The monoisotopic (exact) mass is 379 g/mol. The molecule has 2 heterocycles. The zero-order valence-electron chi connectivity index (χ0n) is 14.4. The van der Waals surface area contributed by atoms with Crippen LogP contribution in [0.25, 0.3) is 0 Å².